The second-order valence-electron chi connectivity index (χ2n) is 5.23. The molecule has 0 saturated heterocycles. The van der Waals surface area contributed by atoms with E-state index in [1.54, 1.807) is 0 Å². The molecule has 1 aromatic carbocycles. The Morgan fingerprint density at radius 2 is 1.81 bits per heavy atom. The third kappa shape index (κ3) is 4.10. The number of carbonyl (C=O) groups is 1. The van der Waals surface area contributed by atoms with E-state index in [0.29, 0.717) is 12.1 Å². The molecule has 0 bridgehead atoms. The second kappa shape index (κ2) is 6.95. The molecule has 0 fully saturated rings. The molecule has 1 aromatic heterocycles. The summed E-state index contributed by atoms with van der Waals surface area (Å²) in [5.74, 6) is -0.158. The van der Waals surface area contributed by atoms with Gasteiger partial charge in [0.25, 0.3) is 5.91 Å². The number of carbonyl (C=O) groups excluding carboxylic acids is 1. The molecular weight excluding hydrogens is 264 g/mol. The zero-order valence-electron chi connectivity index (χ0n) is 12.6. The molecule has 0 saturated carbocycles. The number of benzene rings is 1. The van der Waals surface area contributed by atoms with E-state index in [0.717, 1.165) is 0 Å². The molecular formula is C16H20N4O. The van der Waals surface area contributed by atoms with Crippen molar-refractivity contribution in [1.29, 1.82) is 0 Å². The Hall–Kier alpha value is -2.27. The van der Waals surface area contributed by atoms with Crippen molar-refractivity contribution in [3.8, 4) is 0 Å². The Kier molecular flexibility index (Phi) is 5.00. The summed E-state index contributed by atoms with van der Waals surface area (Å²) in [7, 11) is 4.00. The van der Waals surface area contributed by atoms with E-state index in [-0.39, 0.29) is 11.9 Å². The van der Waals surface area contributed by atoms with Gasteiger partial charge in [-0.25, -0.2) is 9.97 Å². The molecule has 0 spiro atoms. The quantitative estimate of drug-likeness (QED) is 0.910. The van der Waals surface area contributed by atoms with Crippen molar-refractivity contribution >= 4 is 5.91 Å². The SMILES string of the molecule is Cc1ccc([C@@H](CNC(=O)c2cncnc2)N(C)C)cc1. The fourth-order valence-electron chi connectivity index (χ4n) is 2.09. The summed E-state index contributed by atoms with van der Waals surface area (Å²) in [5, 5.41) is 2.93. The van der Waals surface area contributed by atoms with Gasteiger partial charge in [-0.2, -0.15) is 0 Å². The molecule has 1 atom stereocenters. The molecule has 1 N–H and O–H groups in total. The monoisotopic (exact) mass is 284 g/mol. The Bertz CT molecular complexity index is 581. The first-order valence-electron chi connectivity index (χ1n) is 6.84. The van der Waals surface area contributed by atoms with E-state index >= 15 is 0 Å². The van der Waals surface area contributed by atoms with Gasteiger partial charge in [-0.1, -0.05) is 29.8 Å². The Morgan fingerprint density at radius 1 is 1.19 bits per heavy atom. The van der Waals surface area contributed by atoms with E-state index in [2.05, 4.69) is 51.4 Å². The molecule has 21 heavy (non-hydrogen) atoms. The Labute approximate surface area is 125 Å². The first-order valence-corrected chi connectivity index (χ1v) is 6.84. The van der Waals surface area contributed by atoms with Crippen molar-refractivity contribution in [2.24, 2.45) is 0 Å². The van der Waals surface area contributed by atoms with Gasteiger partial charge in [0.05, 0.1) is 11.6 Å². The van der Waals surface area contributed by atoms with Crippen LogP contribution in [0.1, 0.15) is 27.5 Å². The summed E-state index contributed by atoms with van der Waals surface area (Å²) >= 11 is 0. The minimum absolute atomic E-state index is 0.124. The van der Waals surface area contributed by atoms with Gasteiger partial charge in [-0.3, -0.25) is 4.79 Å². The van der Waals surface area contributed by atoms with E-state index in [1.807, 2.05) is 14.1 Å². The lowest BCUT2D eigenvalue weighted by Gasteiger charge is -2.25. The highest BCUT2D eigenvalue weighted by Crippen LogP contribution is 2.18. The fraction of sp³-hybridized carbons (Fsp3) is 0.312. The van der Waals surface area contributed by atoms with E-state index in [4.69, 9.17) is 0 Å². The Morgan fingerprint density at radius 3 is 2.38 bits per heavy atom. The normalized spacial score (nSPS) is 12.2. The van der Waals surface area contributed by atoms with Crippen LogP contribution < -0.4 is 5.32 Å². The van der Waals surface area contributed by atoms with Crippen LogP contribution in [-0.4, -0.2) is 41.4 Å². The van der Waals surface area contributed by atoms with E-state index in [9.17, 15) is 4.79 Å². The average molecular weight is 284 g/mol. The summed E-state index contributed by atoms with van der Waals surface area (Å²) in [6.07, 6.45) is 4.43. The van der Waals surface area contributed by atoms with Crippen LogP contribution in [0.4, 0.5) is 0 Å². The minimum Gasteiger partial charge on any atom is -0.350 e. The molecule has 1 heterocycles. The van der Waals surface area contributed by atoms with Gasteiger partial charge in [-0.15, -0.1) is 0 Å². The van der Waals surface area contributed by atoms with Crippen LogP contribution in [0.2, 0.25) is 0 Å². The first-order chi connectivity index (χ1) is 10.1. The van der Waals surface area contributed by atoms with Crippen LogP contribution in [-0.2, 0) is 0 Å². The van der Waals surface area contributed by atoms with Crippen LogP contribution in [0.3, 0.4) is 0 Å². The van der Waals surface area contributed by atoms with Crippen molar-refractivity contribution < 1.29 is 4.79 Å². The van der Waals surface area contributed by atoms with Gasteiger partial charge >= 0.3 is 0 Å². The molecule has 2 aromatic rings. The van der Waals surface area contributed by atoms with Crippen LogP contribution in [0, 0.1) is 6.92 Å². The summed E-state index contributed by atoms with van der Waals surface area (Å²) in [6.45, 7) is 2.59. The summed E-state index contributed by atoms with van der Waals surface area (Å²) < 4.78 is 0. The predicted molar refractivity (Wildman–Crippen MR) is 82.0 cm³/mol. The highest BCUT2D eigenvalue weighted by Gasteiger charge is 2.15. The van der Waals surface area contributed by atoms with Crippen molar-refractivity contribution in [2.45, 2.75) is 13.0 Å². The van der Waals surface area contributed by atoms with E-state index < -0.39 is 0 Å². The van der Waals surface area contributed by atoms with Crippen LogP contribution in [0.25, 0.3) is 0 Å². The van der Waals surface area contributed by atoms with Gasteiger partial charge in [0.2, 0.25) is 0 Å². The number of aryl methyl sites for hydroxylation is 1. The highest BCUT2D eigenvalue weighted by molar-refractivity contribution is 5.93. The predicted octanol–water partition coefficient (Wildman–Crippen LogP) is 1.82. The lowest BCUT2D eigenvalue weighted by molar-refractivity contribution is 0.0941. The third-order valence-corrected chi connectivity index (χ3v) is 3.36. The zero-order chi connectivity index (χ0) is 15.2. The minimum atomic E-state index is -0.158. The number of amides is 1. The molecule has 1 amide bonds. The van der Waals surface area contributed by atoms with Gasteiger partial charge in [0.15, 0.2) is 0 Å². The van der Waals surface area contributed by atoms with Crippen LogP contribution in [0.5, 0.6) is 0 Å². The molecule has 110 valence electrons. The van der Waals surface area contributed by atoms with Crippen molar-refractivity contribution in [2.75, 3.05) is 20.6 Å². The lowest BCUT2D eigenvalue weighted by Crippen LogP contribution is -2.34. The van der Waals surface area contributed by atoms with Crippen molar-refractivity contribution in [3.63, 3.8) is 0 Å². The summed E-state index contributed by atoms with van der Waals surface area (Å²) in [6, 6.07) is 8.48. The maximum absolute atomic E-state index is 12.0. The van der Waals surface area contributed by atoms with Gasteiger partial charge < -0.3 is 10.2 Å². The number of rotatable bonds is 5. The molecule has 2 rings (SSSR count). The van der Waals surface area contributed by atoms with Crippen molar-refractivity contribution in [3.05, 3.63) is 59.7 Å². The smallest absolute Gasteiger partial charge is 0.254 e. The van der Waals surface area contributed by atoms with Crippen molar-refractivity contribution in [1.82, 2.24) is 20.2 Å². The maximum Gasteiger partial charge on any atom is 0.254 e. The highest BCUT2D eigenvalue weighted by atomic mass is 16.1. The van der Waals surface area contributed by atoms with Gasteiger partial charge in [0, 0.05) is 18.9 Å². The molecule has 5 heteroatoms. The standard InChI is InChI=1S/C16H20N4O/c1-12-4-6-13(7-5-12)15(20(2)3)10-19-16(21)14-8-17-11-18-9-14/h4-9,11,15H,10H2,1-3H3,(H,19,21)/t15-/m1/s1. The molecule has 0 aliphatic heterocycles. The second-order valence-corrected chi connectivity index (χ2v) is 5.23. The first kappa shape index (κ1) is 15.1. The number of likely N-dealkylation sites (N-methyl/N-ethyl adjacent to an activating group) is 1. The third-order valence-electron chi connectivity index (χ3n) is 3.36. The maximum atomic E-state index is 12.0. The number of hydrogen-bond donors (Lipinski definition) is 1. The lowest BCUT2D eigenvalue weighted by atomic mass is 10.0. The Balaban J connectivity index is 2.04. The average Bonchev–Trinajstić information content (AvgIpc) is 2.49. The fourth-order valence-corrected chi connectivity index (χ4v) is 2.09. The number of nitrogens with one attached hydrogen (secondary N) is 1. The zero-order valence-corrected chi connectivity index (χ0v) is 12.6. The van der Waals surface area contributed by atoms with Gasteiger partial charge in [0.1, 0.15) is 6.33 Å². The molecule has 0 aliphatic rings. The van der Waals surface area contributed by atoms with Crippen LogP contribution in [0.15, 0.2) is 43.0 Å². The molecule has 0 unspecified atom stereocenters. The molecule has 5 nitrogen and oxygen atoms in total. The molecule has 0 aliphatic carbocycles. The van der Waals surface area contributed by atoms with Crippen LogP contribution >= 0.6 is 0 Å². The topological polar surface area (TPSA) is 58.1 Å². The number of aromatic nitrogens is 2. The number of hydrogen-bond acceptors (Lipinski definition) is 4. The largest absolute Gasteiger partial charge is 0.350 e. The molecule has 0 radical (unpaired) electrons. The summed E-state index contributed by atoms with van der Waals surface area (Å²) in [4.78, 5) is 21.8. The van der Waals surface area contributed by atoms with E-state index in [1.165, 1.54) is 29.8 Å². The van der Waals surface area contributed by atoms with Gasteiger partial charge in [-0.05, 0) is 26.6 Å². The number of nitrogens with zero attached hydrogens (tertiary/aromatic N) is 3. The summed E-state index contributed by atoms with van der Waals surface area (Å²) in [5.41, 5.74) is 2.87.